The molecule has 0 spiro atoms. The Morgan fingerprint density at radius 2 is 2.11 bits per heavy atom. The molecule has 0 aliphatic rings. The highest BCUT2D eigenvalue weighted by Crippen LogP contribution is 2.25. The summed E-state index contributed by atoms with van der Waals surface area (Å²) in [5.41, 5.74) is 11.3. The van der Waals surface area contributed by atoms with E-state index in [0.717, 1.165) is 18.5 Å². The number of rotatable bonds is 4. The van der Waals surface area contributed by atoms with Crippen molar-refractivity contribution in [3.63, 3.8) is 0 Å². The maximum atomic E-state index is 6.27. The summed E-state index contributed by atoms with van der Waals surface area (Å²) in [5.74, 6) is 0. The molecule has 1 atom stereocenters. The molecule has 2 rings (SSSR count). The van der Waals surface area contributed by atoms with Gasteiger partial charge in [0.05, 0.1) is 5.69 Å². The maximum absolute atomic E-state index is 6.27. The van der Waals surface area contributed by atoms with E-state index in [1.54, 1.807) is 11.3 Å². The molecule has 4 heteroatoms. The molecule has 0 amide bonds. The van der Waals surface area contributed by atoms with Gasteiger partial charge in [-0.05, 0) is 56.2 Å². The lowest BCUT2D eigenvalue weighted by molar-refractivity contribution is 0.646. The van der Waals surface area contributed by atoms with Gasteiger partial charge in [-0.25, -0.2) is 0 Å². The van der Waals surface area contributed by atoms with Gasteiger partial charge in [0.2, 0.25) is 0 Å². The molecule has 0 saturated carbocycles. The first-order chi connectivity index (χ1) is 8.50. The second-order valence-electron chi connectivity index (χ2n) is 4.85. The quantitative estimate of drug-likeness (QED) is 0.921. The lowest BCUT2D eigenvalue weighted by Gasteiger charge is -2.11. The second-order valence-corrected chi connectivity index (χ2v) is 5.97. The van der Waals surface area contributed by atoms with Crippen LogP contribution in [-0.4, -0.2) is 9.78 Å². The summed E-state index contributed by atoms with van der Waals surface area (Å²) in [6.07, 6.45) is 1.98. The van der Waals surface area contributed by atoms with Crippen LogP contribution in [0.25, 0.3) is 0 Å². The van der Waals surface area contributed by atoms with Crippen LogP contribution in [0.15, 0.2) is 11.4 Å². The van der Waals surface area contributed by atoms with Gasteiger partial charge < -0.3 is 5.73 Å². The van der Waals surface area contributed by atoms with Crippen LogP contribution < -0.4 is 5.73 Å². The summed E-state index contributed by atoms with van der Waals surface area (Å²) < 4.78 is 1.95. The van der Waals surface area contributed by atoms with Gasteiger partial charge in [-0.15, -0.1) is 11.3 Å². The van der Waals surface area contributed by atoms with Crippen molar-refractivity contribution in [2.75, 3.05) is 0 Å². The minimum absolute atomic E-state index is 0.134. The minimum Gasteiger partial charge on any atom is -0.324 e. The molecule has 2 aromatic rings. The molecular formula is C14H21N3S. The van der Waals surface area contributed by atoms with E-state index >= 15 is 0 Å². The number of hydrogen-bond acceptors (Lipinski definition) is 3. The lowest BCUT2D eigenvalue weighted by atomic mass is 9.99. The van der Waals surface area contributed by atoms with E-state index in [1.165, 1.54) is 21.7 Å². The molecule has 2 aromatic heterocycles. The van der Waals surface area contributed by atoms with Crippen molar-refractivity contribution >= 4 is 11.3 Å². The molecule has 2 heterocycles. The van der Waals surface area contributed by atoms with Gasteiger partial charge in [0.25, 0.3) is 0 Å². The Bertz CT molecular complexity index is 539. The Labute approximate surface area is 113 Å². The van der Waals surface area contributed by atoms with Crippen molar-refractivity contribution in [3.8, 4) is 0 Å². The van der Waals surface area contributed by atoms with Crippen LogP contribution in [0.3, 0.4) is 0 Å². The molecule has 18 heavy (non-hydrogen) atoms. The molecule has 0 bridgehead atoms. The Morgan fingerprint density at radius 3 is 2.61 bits per heavy atom. The zero-order chi connectivity index (χ0) is 13.3. The predicted molar refractivity (Wildman–Crippen MR) is 77.0 cm³/mol. The molecule has 0 aliphatic heterocycles. The van der Waals surface area contributed by atoms with Gasteiger partial charge in [0, 0.05) is 23.7 Å². The molecule has 0 saturated heterocycles. The number of nitrogens with two attached hydrogens (primary N) is 1. The van der Waals surface area contributed by atoms with Crippen LogP contribution in [0.2, 0.25) is 0 Å². The van der Waals surface area contributed by atoms with Gasteiger partial charge in [-0.1, -0.05) is 0 Å². The first-order valence-electron chi connectivity index (χ1n) is 6.29. The summed E-state index contributed by atoms with van der Waals surface area (Å²) in [5, 5.41) is 6.56. The highest BCUT2D eigenvalue weighted by molar-refractivity contribution is 7.10. The second kappa shape index (κ2) is 5.24. The van der Waals surface area contributed by atoms with E-state index in [1.807, 2.05) is 11.7 Å². The lowest BCUT2D eigenvalue weighted by Crippen LogP contribution is -2.11. The summed E-state index contributed by atoms with van der Waals surface area (Å²) in [4.78, 5) is 1.34. The molecule has 98 valence electrons. The fourth-order valence-electron chi connectivity index (χ4n) is 2.41. The summed E-state index contributed by atoms with van der Waals surface area (Å²) in [6, 6.07) is 2.28. The minimum atomic E-state index is 0.134. The topological polar surface area (TPSA) is 43.8 Å². The van der Waals surface area contributed by atoms with Crippen LogP contribution in [-0.2, 0) is 13.5 Å². The smallest absolute Gasteiger partial charge is 0.0628 e. The van der Waals surface area contributed by atoms with Gasteiger partial charge >= 0.3 is 0 Å². The van der Waals surface area contributed by atoms with E-state index in [0.29, 0.717) is 0 Å². The summed E-state index contributed by atoms with van der Waals surface area (Å²) in [6.45, 7) is 6.33. The van der Waals surface area contributed by atoms with Crippen molar-refractivity contribution in [2.45, 2.75) is 39.7 Å². The van der Waals surface area contributed by atoms with Crippen LogP contribution in [0.1, 0.15) is 39.9 Å². The number of aryl methyl sites for hydroxylation is 3. The molecule has 2 N–H and O–H groups in total. The molecule has 1 unspecified atom stereocenters. The molecular weight excluding hydrogens is 242 g/mol. The summed E-state index contributed by atoms with van der Waals surface area (Å²) in [7, 11) is 1.99. The Morgan fingerprint density at radius 1 is 1.39 bits per heavy atom. The van der Waals surface area contributed by atoms with E-state index in [9.17, 15) is 0 Å². The average molecular weight is 263 g/mol. The monoisotopic (exact) mass is 263 g/mol. The molecule has 0 fully saturated rings. The van der Waals surface area contributed by atoms with Gasteiger partial charge in [0.15, 0.2) is 0 Å². The van der Waals surface area contributed by atoms with Crippen molar-refractivity contribution < 1.29 is 0 Å². The van der Waals surface area contributed by atoms with Crippen molar-refractivity contribution in [1.82, 2.24) is 9.78 Å². The molecule has 0 radical (unpaired) electrons. The number of nitrogens with zero attached hydrogens (tertiary/aromatic N) is 2. The first kappa shape index (κ1) is 13.3. The maximum Gasteiger partial charge on any atom is 0.0628 e. The fraction of sp³-hybridized carbons (Fsp3) is 0.500. The largest absolute Gasteiger partial charge is 0.324 e. The first-order valence-corrected chi connectivity index (χ1v) is 7.17. The third-order valence-electron chi connectivity index (χ3n) is 3.66. The average Bonchev–Trinajstić information content (AvgIpc) is 2.83. The van der Waals surface area contributed by atoms with E-state index in [2.05, 4.69) is 37.3 Å². The van der Waals surface area contributed by atoms with Gasteiger partial charge in [0.1, 0.15) is 0 Å². The molecule has 0 aliphatic carbocycles. The fourth-order valence-corrected chi connectivity index (χ4v) is 3.19. The highest BCUT2D eigenvalue weighted by atomic mass is 32.1. The molecule has 3 nitrogen and oxygen atoms in total. The summed E-state index contributed by atoms with van der Waals surface area (Å²) >= 11 is 1.77. The van der Waals surface area contributed by atoms with Crippen LogP contribution in [0.4, 0.5) is 0 Å². The van der Waals surface area contributed by atoms with Crippen molar-refractivity contribution in [1.29, 1.82) is 0 Å². The van der Waals surface area contributed by atoms with Crippen LogP contribution in [0, 0.1) is 20.8 Å². The zero-order valence-electron chi connectivity index (χ0n) is 11.5. The standard InChI is InChI=1S/C14H21N3S/c1-9-12(10(2)17(4)16-9)5-6-14(15)13-7-8-18-11(13)3/h7-8,14H,5-6,15H2,1-4H3. The van der Waals surface area contributed by atoms with Crippen LogP contribution in [0.5, 0.6) is 0 Å². The zero-order valence-corrected chi connectivity index (χ0v) is 12.3. The van der Waals surface area contributed by atoms with Crippen LogP contribution >= 0.6 is 11.3 Å². The SMILES string of the molecule is Cc1nn(C)c(C)c1CCC(N)c1ccsc1C. The highest BCUT2D eigenvalue weighted by Gasteiger charge is 2.14. The third kappa shape index (κ3) is 2.49. The van der Waals surface area contributed by atoms with E-state index < -0.39 is 0 Å². The Hall–Kier alpha value is -1.13. The number of thiophene rings is 1. The van der Waals surface area contributed by atoms with Crippen molar-refractivity contribution in [2.24, 2.45) is 12.8 Å². The third-order valence-corrected chi connectivity index (χ3v) is 4.52. The normalized spacial score (nSPS) is 12.9. The van der Waals surface area contributed by atoms with E-state index in [-0.39, 0.29) is 6.04 Å². The number of hydrogen-bond donors (Lipinski definition) is 1. The molecule has 0 aromatic carbocycles. The van der Waals surface area contributed by atoms with Gasteiger partial charge in [-0.3, -0.25) is 4.68 Å². The van der Waals surface area contributed by atoms with Crippen molar-refractivity contribution in [3.05, 3.63) is 38.8 Å². The predicted octanol–water partition coefficient (Wildman–Crippen LogP) is 3.04. The number of aromatic nitrogens is 2. The van der Waals surface area contributed by atoms with Gasteiger partial charge in [-0.2, -0.15) is 5.10 Å². The Kier molecular flexibility index (Phi) is 3.88. The Balaban J connectivity index is 2.06. The van der Waals surface area contributed by atoms with E-state index in [4.69, 9.17) is 5.73 Å².